The fourth-order valence-corrected chi connectivity index (χ4v) is 4.10. The number of carbonyl (C=O) groups excluding carboxylic acids is 2. The second kappa shape index (κ2) is 8.18. The summed E-state index contributed by atoms with van der Waals surface area (Å²) in [5.41, 5.74) is 0.441. The second-order valence-corrected chi connectivity index (χ2v) is 7.67. The van der Waals surface area contributed by atoms with Crippen molar-refractivity contribution in [1.82, 2.24) is 20.4 Å². The highest BCUT2D eigenvalue weighted by Gasteiger charge is 2.54. The van der Waals surface area contributed by atoms with E-state index in [9.17, 15) is 9.59 Å². The van der Waals surface area contributed by atoms with Crippen LogP contribution in [-0.4, -0.2) is 67.6 Å². The Morgan fingerprint density at radius 1 is 1.15 bits per heavy atom. The number of benzene rings is 1. The molecular formula is C20H30N4O2. The summed E-state index contributed by atoms with van der Waals surface area (Å²) in [4.78, 5) is 29.4. The summed E-state index contributed by atoms with van der Waals surface area (Å²) in [5.74, 6) is 0.153. The maximum atomic E-state index is 13.4. The largest absolute Gasteiger partial charge is 0.325 e. The molecule has 0 aliphatic carbocycles. The highest BCUT2D eigenvalue weighted by atomic mass is 16.2. The lowest BCUT2D eigenvalue weighted by Gasteiger charge is -2.38. The SMILES string of the molecule is CN(C)CCN1C(=O)NC(CCc2ccccc2)(C2CCNCC2)C1=O. The maximum Gasteiger partial charge on any atom is 0.325 e. The van der Waals surface area contributed by atoms with Crippen LogP contribution in [-0.2, 0) is 11.2 Å². The van der Waals surface area contributed by atoms with Gasteiger partial charge in [0.05, 0.1) is 0 Å². The van der Waals surface area contributed by atoms with Crippen LogP contribution in [0.25, 0.3) is 0 Å². The first-order valence-electron chi connectivity index (χ1n) is 9.56. The fraction of sp³-hybridized carbons (Fsp3) is 0.600. The molecule has 3 rings (SSSR count). The number of carbonyl (C=O) groups is 2. The molecule has 1 atom stereocenters. The molecular weight excluding hydrogens is 328 g/mol. The van der Waals surface area contributed by atoms with Crippen LogP contribution in [0.3, 0.4) is 0 Å². The van der Waals surface area contributed by atoms with Gasteiger partial charge in [0.1, 0.15) is 5.54 Å². The zero-order chi connectivity index (χ0) is 18.6. The van der Waals surface area contributed by atoms with Gasteiger partial charge in [0.25, 0.3) is 5.91 Å². The quantitative estimate of drug-likeness (QED) is 0.725. The number of amides is 3. The van der Waals surface area contributed by atoms with Crippen molar-refractivity contribution >= 4 is 11.9 Å². The van der Waals surface area contributed by atoms with Crippen LogP contribution in [0.1, 0.15) is 24.8 Å². The van der Waals surface area contributed by atoms with Crippen LogP contribution in [0.4, 0.5) is 4.79 Å². The highest BCUT2D eigenvalue weighted by Crippen LogP contribution is 2.35. The maximum absolute atomic E-state index is 13.4. The molecule has 0 saturated carbocycles. The van der Waals surface area contributed by atoms with Crippen LogP contribution >= 0.6 is 0 Å². The first kappa shape index (κ1) is 18.9. The Labute approximate surface area is 155 Å². The molecule has 1 aromatic rings. The van der Waals surface area contributed by atoms with Crippen molar-refractivity contribution in [2.45, 2.75) is 31.2 Å². The van der Waals surface area contributed by atoms with Crippen molar-refractivity contribution in [2.75, 3.05) is 40.3 Å². The van der Waals surface area contributed by atoms with E-state index in [1.165, 1.54) is 10.5 Å². The first-order valence-corrected chi connectivity index (χ1v) is 9.56. The van der Waals surface area contributed by atoms with Crippen LogP contribution in [0.2, 0.25) is 0 Å². The Kier molecular flexibility index (Phi) is 5.94. The van der Waals surface area contributed by atoms with E-state index in [-0.39, 0.29) is 17.9 Å². The van der Waals surface area contributed by atoms with Gasteiger partial charge in [-0.2, -0.15) is 0 Å². The summed E-state index contributed by atoms with van der Waals surface area (Å²) >= 11 is 0. The molecule has 0 bridgehead atoms. The zero-order valence-electron chi connectivity index (χ0n) is 15.8. The molecule has 142 valence electrons. The van der Waals surface area contributed by atoms with Crippen molar-refractivity contribution in [3.63, 3.8) is 0 Å². The minimum atomic E-state index is -0.763. The van der Waals surface area contributed by atoms with Crippen LogP contribution in [0.5, 0.6) is 0 Å². The average Bonchev–Trinajstić information content (AvgIpc) is 2.90. The van der Waals surface area contributed by atoms with Crippen LogP contribution < -0.4 is 10.6 Å². The summed E-state index contributed by atoms with van der Waals surface area (Å²) in [6.07, 6.45) is 3.29. The molecule has 2 saturated heterocycles. The van der Waals surface area contributed by atoms with Gasteiger partial charge in [-0.05, 0) is 64.3 Å². The Hall–Kier alpha value is -1.92. The van der Waals surface area contributed by atoms with Gasteiger partial charge in [-0.3, -0.25) is 9.69 Å². The molecule has 6 nitrogen and oxygen atoms in total. The average molecular weight is 358 g/mol. The number of imide groups is 1. The molecule has 0 radical (unpaired) electrons. The van der Waals surface area contributed by atoms with E-state index in [4.69, 9.17) is 0 Å². The van der Waals surface area contributed by atoms with Crippen molar-refractivity contribution in [1.29, 1.82) is 0 Å². The third kappa shape index (κ3) is 3.91. The lowest BCUT2D eigenvalue weighted by molar-refractivity contribution is -0.134. The smallest absolute Gasteiger partial charge is 0.323 e. The normalized spacial score (nSPS) is 24.3. The van der Waals surface area contributed by atoms with Crippen LogP contribution in [0, 0.1) is 5.92 Å². The lowest BCUT2D eigenvalue weighted by Crippen LogP contribution is -2.56. The number of hydrogen-bond donors (Lipinski definition) is 2. The zero-order valence-corrected chi connectivity index (χ0v) is 15.8. The van der Waals surface area contributed by atoms with E-state index in [1.54, 1.807) is 0 Å². The van der Waals surface area contributed by atoms with Gasteiger partial charge < -0.3 is 15.5 Å². The van der Waals surface area contributed by atoms with Gasteiger partial charge in [-0.15, -0.1) is 0 Å². The minimum Gasteiger partial charge on any atom is -0.323 e. The van der Waals surface area contributed by atoms with E-state index in [2.05, 4.69) is 22.8 Å². The van der Waals surface area contributed by atoms with E-state index in [0.29, 0.717) is 19.5 Å². The fourth-order valence-electron chi connectivity index (χ4n) is 4.10. The summed E-state index contributed by atoms with van der Waals surface area (Å²) in [6.45, 7) is 2.92. The Balaban J connectivity index is 1.81. The highest BCUT2D eigenvalue weighted by molar-refractivity contribution is 6.07. The molecule has 0 aromatic heterocycles. The third-order valence-corrected chi connectivity index (χ3v) is 5.66. The molecule has 2 fully saturated rings. The van der Waals surface area contributed by atoms with Crippen LogP contribution in [0.15, 0.2) is 30.3 Å². The summed E-state index contributed by atoms with van der Waals surface area (Å²) in [6, 6.07) is 9.97. The second-order valence-electron chi connectivity index (χ2n) is 7.67. The molecule has 2 aliphatic rings. The van der Waals surface area contributed by atoms with Gasteiger partial charge in [0.15, 0.2) is 0 Å². The topological polar surface area (TPSA) is 64.7 Å². The van der Waals surface area contributed by atoms with E-state index in [0.717, 1.165) is 32.4 Å². The van der Waals surface area contributed by atoms with Gasteiger partial charge in [-0.25, -0.2) is 4.79 Å². The Morgan fingerprint density at radius 3 is 2.50 bits per heavy atom. The molecule has 1 aromatic carbocycles. The molecule has 2 aliphatic heterocycles. The van der Waals surface area contributed by atoms with Crippen molar-refractivity contribution in [3.05, 3.63) is 35.9 Å². The Bertz CT molecular complexity index is 628. The number of urea groups is 1. The third-order valence-electron chi connectivity index (χ3n) is 5.66. The van der Waals surface area contributed by atoms with Crippen molar-refractivity contribution in [2.24, 2.45) is 5.92 Å². The van der Waals surface area contributed by atoms with E-state index < -0.39 is 5.54 Å². The molecule has 0 spiro atoms. The Morgan fingerprint density at radius 2 is 1.85 bits per heavy atom. The minimum absolute atomic E-state index is 0.0350. The monoisotopic (exact) mass is 358 g/mol. The number of nitrogens with one attached hydrogen (secondary N) is 2. The number of nitrogens with zero attached hydrogens (tertiary/aromatic N) is 2. The van der Waals surface area contributed by atoms with E-state index >= 15 is 0 Å². The summed E-state index contributed by atoms with van der Waals surface area (Å²) < 4.78 is 0. The lowest BCUT2D eigenvalue weighted by atomic mass is 9.74. The molecule has 26 heavy (non-hydrogen) atoms. The van der Waals surface area contributed by atoms with E-state index in [1.807, 2.05) is 37.2 Å². The first-order chi connectivity index (χ1) is 12.5. The molecule has 2 heterocycles. The number of likely N-dealkylation sites (N-methyl/N-ethyl adjacent to an activating group) is 1. The molecule has 1 unspecified atom stereocenters. The van der Waals surface area contributed by atoms with Crippen molar-refractivity contribution < 1.29 is 9.59 Å². The predicted octanol–water partition coefficient (Wildman–Crippen LogP) is 1.47. The standard InChI is InChI=1S/C20H30N4O2/c1-23(2)14-15-24-18(25)20(22-19(24)26,17-9-12-21-13-10-17)11-8-16-6-4-3-5-7-16/h3-7,17,21H,8-15H2,1-2H3,(H,22,26). The van der Waals surface area contributed by atoms with Gasteiger partial charge in [0, 0.05) is 13.1 Å². The van der Waals surface area contributed by atoms with Gasteiger partial charge in [0.2, 0.25) is 0 Å². The number of hydrogen-bond acceptors (Lipinski definition) is 4. The summed E-state index contributed by atoms with van der Waals surface area (Å²) in [7, 11) is 3.90. The molecule has 3 amide bonds. The number of aryl methyl sites for hydroxylation is 1. The molecule has 6 heteroatoms. The van der Waals surface area contributed by atoms with Gasteiger partial charge >= 0.3 is 6.03 Å². The predicted molar refractivity (Wildman–Crippen MR) is 102 cm³/mol. The number of piperidine rings is 1. The summed E-state index contributed by atoms with van der Waals surface area (Å²) in [5, 5.41) is 6.48. The molecule has 2 N–H and O–H groups in total. The van der Waals surface area contributed by atoms with Gasteiger partial charge in [-0.1, -0.05) is 30.3 Å². The number of rotatable bonds is 7. The van der Waals surface area contributed by atoms with Crippen molar-refractivity contribution in [3.8, 4) is 0 Å².